The Kier molecular flexibility index (Phi) is 3.29. The number of aryl methyl sites for hydroxylation is 1. The highest BCUT2D eigenvalue weighted by Gasteiger charge is 2.17. The van der Waals surface area contributed by atoms with Gasteiger partial charge < -0.3 is 4.57 Å². The first-order valence-electron chi connectivity index (χ1n) is 6.14. The van der Waals surface area contributed by atoms with E-state index < -0.39 is 0 Å². The molecule has 0 aliphatic heterocycles. The van der Waals surface area contributed by atoms with Gasteiger partial charge in [-0.2, -0.15) is 0 Å². The van der Waals surface area contributed by atoms with Crippen molar-refractivity contribution >= 4 is 34.0 Å². The number of benzene rings is 1. The Morgan fingerprint density at radius 2 is 2.11 bits per heavy atom. The van der Waals surface area contributed by atoms with Crippen molar-refractivity contribution in [1.29, 1.82) is 0 Å². The number of rotatable bonds is 3. The minimum Gasteiger partial charge on any atom is -0.318 e. The molecule has 0 radical (unpaired) electrons. The fraction of sp³-hybridized carbons (Fsp3) is 0.286. The van der Waals surface area contributed by atoms with E-state index >= 15 is 0 Å². The molecule has 2 aromatic heterocycles. The summed E-state index contributed by atoms with van der Waals surface area (Å²) in [6.07, 6.45) is 0. The lowest BCUT2D eigenvalue weighted by atomic mass is 10.3. The van der Waals surface area contributed by atoms with Gasteiger partial charge in [-0.15, -0.1) is 22.9 Å². The van der Waals surface area contributed by atoms with E-state index in [0.717, 1.165) is 27.6 Å². The molecule has 5 heteroatoms. The number of thiazole rings is 1. The van der Waals surface area contributed by atoms with Crippen LogP contribution in [0.15, 0.2) is 29.6 Å². The summed E-state index contributed by atoms with van der Waals surface area (Å²) in [5.41, 5.74) is 3.12. The monoisotopic (exact) mass is 291 g/mol. The molecular weight excluding hydrogens is 278 g/mol. The van der Waals surface area contributed by atoms with E-state index in [1.165, 1.54) is 0 Å². The second-order valence-corrected chi connectivity index (χ2v) is 5.66. The minimum atomic E-state index is 0.175. The number of nitrogens with zero attached hydrogens (tertiary/aromatic N) is 3. The van der Waals surface area contributed by atoms with Gasteiger partial charge in [0.2, 0.25) is 0 Å². The van der Waals surface area contributed by atoms with Gasteiger partial charge in [-0.3, -0.25) is 0 Å². The molecule has 0 fully saturated rings. The normalized spacial score (nSPS) is 13.0. The molecule has 1 unspecified atom stereocenters. The predicted octanol–water partition coefficient (Wildman–Crippen LogP) is 4.15. The zero-order valence-electron chi connectivity index (χ0n) is 10.8. The molecule has 0 saturated carbocycles. The van der Waals surface area contributed by atoms with Crippen molar-refractivity contribution < 1.29 is 0 Å². The molecule has 0 bridgehead atoms. The van der Waals surface area contributed by atoms with Gasteiger partial charge in [-0.05, 0) is 26.0 Å². The maximum absolute atomic E-state index is 5.82. The van der Waals surface area contributed by atoms with Crippen LogP contribution >= 0.6 is 22.9 Å². The van der Waals surface area contributed by atoms with Gasteiger partial charge in [0.15, 0.2) is 0 Å². The maximum Gasteiger partial charge on any atom is 0.116 e. The maximum atomic E-state index is 5.82. The van der Waals surface area contributed by atoms with Crippen LogP contribution in [0.5, 0.6) is 0 Å². The predicted molar refractivity (Wildman–Crippen MR) is 80.0 cm³/mol. The van der Waals surface area contributed by atoms with E-state index in [9.17, 15) is 0 Å². The molecule has 0 aliphatic rings. The average molecular weight is 292 g/mol. The number of hydrogen-bond acceptors (Lipinski definition) is 3. The fourth-order valence-corrected chi connectivity index (χ4v) is 3.43. The van der Waals surface area contributed by atoms with Crippen molar-refractivity contribution in [1.82, 2.24) is 14.5 Å². The molecular formula is C14H14ClN3S. The Morgan fingerprint density at radius 3 is 2.84 bits per heavy atom. The summed E-state index contributed by atoms with van der Waals surface area (Å²) in [5.74, 6) is 1.48. The van der Waals surface area contributed by atoms with Gasteiger partial charge in [0.1, 0.15) is 10.8 Å². The lowest BCUT2D eigenvalue weighted by Crippen LogP contribution is -2.08. The van der Waals surface area contributed by atoms with Gasteiger partial charge in [0.25, 0.3) is 0 Å². The highest BCUT2D eigenvalue weighted by molar-refractivity contribution is 7.09. The second-order valence-electron chi connectivity index (χ2n) is 4.50. The van der Waals surface area contributed by atoms with E-state index in [2.05, 4.69) is 27.5 Å². The summed E-state index contributed by atoms with van der Waals surface area (Å²) in [7, 11) is 0. The van der Waals surface area contributed by atoms with Gasteiger partial charge in [-0.1, -0.05) is 12.1 Å². The van der Waals surface area contributed by atoms with Gasteiger partial charge in [0.05, 0.1) is 28.6 Å². The third-order valence-corrected chi connectivity index (χ3v) is 4.56. The second kappa shape index (κ2) is 4.94. The standard InChI is InChI=1S/C14H14ClN3S/c1-9(14-17-11(7-15)8-19-14)18-10(2)16-12-5-3-4-6-13(12)18/h3-6,8-9H,7H2,1-2H3. The third kappa shape index (κ3) is 2.15. The summed E-state index contributed by atoms with van der Waals surface area (Å²) < 4.78 is 2.23. The van der Waals surface area contributed by atoms with E-state index in [-0.39, 0.29) is 6.04 Å². The molecule has 0 amide bonds. The molecule has 98 valence electrons. The topological polar surface area (TPSA) is 30.7 Å². The van der Waals surface area contributed by atoms with Crippen molar-refractivity contribution in [2.75, 3.05) is 0 Å². The zero-order chi connectivity index (χ0) is 13.4. The Bertz CT molecular complexity index is 716. The Morgan fingerprint density at radius 1 is 1.32 bits per heavy atom. The molecule has 2 heterocycles. The van der Waals surface area contributed by atoms with Crippen LogP contribution in [-0.4, -0.2) is 14.5 Å². The summed E-state index contributed by atoms with van der Waals surface area (Å²) in [4.78, 5) is 9.17. The molecule has 0 spiro atoms. The van der Waals surface area contributed by atoms with Crippen LogP contribution in [0.2, 0.25) is 0 Å². The molecule has 3 rings (SSSR count). The molecule has 3 nitrogen and oxygen atoms in total. The Labute approximate surface area is 120 Å². The summed E-state index contributed by atoms with van der Waals surface area (Å²) in [5, 5.41) is 3.09. The van der Waals surface area contributed by atoms with Crippen molar-refractivity contribution in [3.05, 3.63) is 46.2 Å². The number of halogens is 1. The smallest absolute Gasteiger partial charge is 0.116 e. The molecule has 0 saturated heterocycles. The number of aromatic nitrogens is 3. The van der Waals surface area contributed by atoms with Crippen molar-refractivity contribution in [2.45, 2.75) is 25.8 Å². The van der Waals surface area contributed by atoms with E-state index in [4.69, 9.17) is 11.6 Å². The van der Waals surface area contributed by atoms with Crippen LogP contribution in [0.25, 0.3) is 11.0 Å². The van der Waals surface area contributed by atoms with Crippen LogP contribution < -0.4 is 0 Å². The lowest BCUT2D eigenvalue weighted by molar-refractivity contribution is 0.632. The molecule has 19 heavy (non-hydrogen) atoms. The first-order chi connectivity index (χ1) is 9.20. The highest BCUT2D eigenvalue weighted by atomic mass is 35.5. The Balaban J connectivity index is 2.10. The first-order valence-corrected chi connectivity index (χ1v) is 7.56. The van der Waals surface area contributed by atoms with E-state index in [0.29, 0.717) is 5.88 Å². The molecule has 0 N–H and O–H groups in total. The first kappa shape index (κ1) is 12.6. The van der Waals surface area contributed by atoms with Crippen LogP contribution in [0, 0.1) is 6.92 Å². The quantitative estimate of drug-likeness (QED) is 0.679. The number of hydrogen-bond donors (Lipinski definition) is 0. The summed E-state index contributed by atoms with van der Waals surface area (Å²) in [6, 6.07) is 8.37. The largest absolute Gasteiger partial charge is 0.318 e. The Hall–Kier alpha value is -1.39. The van der Waals surface area contributed by atoms with Crippen LogP contribution in [0.4, 0.5) is 0 Å². The number of imidazole rings is 1. The average Bonchev–Trinajstić information content (AvgIpc) is 3.01. The number of fused-ring (bicyclic) bond motifs is 1. The van der Waals surface area contributed by atoms with E-state index in [1.807, 2.05) is 30.5 Å². The van der Waals surface area contributed by atoms with Gasteiger partial charge >= 0.3 is 0 Å². The number of alkyl halides is 1. The third-order valence-electron chi connectivity index (χ3n) is 3.22. The highest BCUT2D eigenvalue weighted by Crippen LogP contribution is 2.27. The van der Waals surface area contributed by atoms with Gasteiger partial charge in [-0.25, -0.2) is 9.97 Å². The van der Waals surface area contributed by atoms with Crippen molar-refractivity contribution in [3.8, 4) is 0 Å². The zero-order valence-corrected chi connectivity index (χ0v) is 12.4. The molecule has 0 aliphatic carbocycles. The van der Waals surface area contributed by atoms with Crippen LogP contribution in [-0.2, 0) is 5.88 Å². The lowest BCUT2D eigenvalue weighted by Gasteiger charge is -2.13. The number of para-hydroxylation sites is 2. The summed E-state index contributed by atoms with van der Waals surface area (Å²) in [6.45, 7) is 4.19. The SMILES string of the molecule is Cc1nc2ccccc2n1C(C)c1nc(CCl)cs1. The van der Waals surface area contributed by atoms with Gasteiger partial charge in [0, 0.05) is 5.38 Å². The van der Waals surface area contributed by atoms with Crippen LogP contribution in [0.3, 0.4) is 0 Å². The van der Waals surface area contributed by atoms with Crippen LogP contribution in [0.1, 0.15) is 29.5 Å². The van der Waals surface area contributed by atoms with E-state index in [1.54, 1.807) is 11.3 Å². The minimum absolute atomic E-state index is 0.175. The van der Waals surface area contributed by atoms with Crippen molar-refractivity contribution in [3.63, 3.8) is 0 Å². The molecule has 1 atom stereocenters. The fourth-order valence-electron chi connectivity index (χ4n) is 2.34. The summed E-state index contributed by atoms with van der Waals surface area (Å²) >= 11 is 7.47. The molecule has 1 aromatic carbocycles. The molecule has 3 aromatic rings. The van der Waals surface area contributed by atoms with Crippen molar-refractivity contribution in [2.24, 2.45) is 0 Å².